The fourth-order valence-corrected chi connectivity index (χ4v) is 4.64. The van der Waals surface area contributed by atoms with Gasteiger partial charge < -0.3 is 4.74 Å². The maximum Gasteiger partial charge on any atom is 0.309 e. The van der Waals surface area contributed by atoms with E-state index in [9.17, 15) is 4.79 Å². The molecule has 0 saturated heterocycles. The topological polar surface area (TPSA) is 26.3 Å². The van der Waals surface area contributed by atoms with E-state index in [1.54, 1.807) is 0 Å². The summed E-state index contributed by atoms with van der Waals surface area (Å²) in [6, 6.07) is 0. The maximum atomic E-state index is 12.4. The Kier molecular flexibility index (Phi) is 7.92. The summed E-state index contributed by atoms with van der Waals surface area (Å²) in [4.78, 5) is 12.4. The number of carbonyl (C=O) groups is 1. The van der Waals surface area contributed by atoms with Crippen LogP contribution in [0.4, 0.5) is 0 Å². The fourth-order valence-electron chi connectivity index (χ4n) is 4.64. The second-order valence-corrected chi connectivity index (χ2v) is 8.28. The second kappa shape index (κ2) is 9.69. The summed E-state index contributed by atoms with van der Waals surface area (Å²) in [5.41, 5.74) is 0. The first-order valence-electron chi connectivity index (χ1n) is 10.3. The van der Waals surface area contributed by atoms with Crippen LogP contribution in [-0.4, -0.2) is 12.1 Å². The van der Waals surface area contributed by atoms with Gasteiger partial charge in [-0.15, -0.1) is 0 Å². The molecule has 2 rings (SSSR count). The average molecular weight is 323 g/mol. The molecule has 2 fully saturated rings. The van der Waals surface area contributed by atoms with E-state index in [1.165, 1.54) is 64.2 Å². The van der Waals surface area contributed by atoms with Crippen molar-refractivity contribution in [3.63, 3.8) is 0 Å². The minimum atomic E-state index is 0.0828. The fraction of sp³-hybridized carbons (Fsp3) is 0.952. The minimum Gasteiger partial charge on any atom is -0.462 e. The summed E-state index contributed by atoms with van der Waals surface area (Å²) < 4.78 is 5.88. The van der Waals surface area contributed by atoms with E-state index < -0.39 is 0 Å². The third-order valence-corrected chi connectivity index (χ3v) is 6.55. The minimum absolute atomic E-state index is 0.0828. The largest absolute Gasteiger partial charge is 0.462 e. The van der Waals surface area contributed by atoms with Crippen molar-refractivity contribution in [1.29, 1.82) is 0 Å². The van der Waals surface area contributed by atoms with Gasteiger partial charge in [0.25, 0.3) is 0 Å². The number of hydrogen-bond donors (Lipinski definition) is 0. The van der Waals surface area contributed by atoms with Crippen LogP contribution in [0, 0.1) is 23.7 Å². The molecule has 0 bridgehead atoms. The molecule has 2 heteroatoms. The van der Waals surface area contributed by atoms with Gasteiger partial charge in [-0.3, -0.25) is 4.79 Å². The highest BCUT2D eigenvalue weighted by Crippen LogP contribution is 2.35. The van der Waals surface area contributed by atoms with Gasteiger partial charge in [0.1, 0.15) is 6.10 Å². The Balaban J connectivity index is 1.69. The number of carbonyl (C=O) groups excluding carboxylic acids is 1. The van der Waals surface area contributed by atoms with Gasteiger partial charge in [0.05, 0.1) is 5.92 Å². The highest BCUT2D eigenvalue weighted by Gasteiger charge is 2.31. The molecule has 134 valence electrons. The molecule has 0 aromatic heterocycles. The van der Waals surface area contributed by atoms with Crippen LogP contribution in [0.15, 0.2) is 0 Å². The molecule has 2 unspecified atom stereocenters. The molecule has 0 spiro atoms. The first-order valence-corrected chi connectivity index (χ1v) is 10.3. The predicted octanol–water partition coefficient (Wildman–Crippen LogP) is 6.13. The van der Waals surface area contributed by atoms with Gasteiger partial charge in [-0.2, -0.15) is 0 Å². The highest BCUT2D eigenvalue weighted by atomic mass is 16.5. The predicted molar refractivity (Wildman–Crippen MR) is 96.3 cm³/mol. The smallest absolute Gasteiger partial charge is 0.309 e. The van der Waals surface area contributed by atoms with Gasteiger partial charge in [-0.25, -0.2) is 0 Å². The quantitative estimate of drug-likeness (QED) is 0.527. The summed E-state index contributed by atoms with van der Waals surface area (Å²) >= 11 is 0. The van der Waals surface area contributed by atoms with Crippen molar-refractivity contribution >= 4 is 5.97 Å². The number of ether oxygens (including phenoxy) is 1. The molecule has 2 atom stereocenters. The molecule has 0 heterocycles. The Morgan fingerprint density at radius 1 is 0.957 bits per heavy atom. The van der Waals surface area contributed by atoms with Gasteiger partial charge in [0.15, 0.2) is 0 Å². The Labute approximate surface area is 143 Å². The van der Waals surface area contributed by atoms with Crippen LogP contribution in [-0.2, 0) is 9.53 Å². The zero-order valence-corrected chi connectivity index (χ0v) is 15.7. The van der Waals surface area contributed by atoms with Crippen molar-refractivity contribution in [3.8, 4) is 0 Å². The summed E-state index contributed by atoms with van der Waals surface area (Å²) in [5.74, 6) is 2.46. The zero-order valence-electron chi connectivity index (χ0n) is 15.7. The van der Waals surface area contributed by atoms with Gasteiger partial charge in [-0.1, -0.05) is 59.3 Å². The number of unbranched alkanes of at least 4 members (excludes halogenated alkanes) is 1. The van der Waals surface area contributed by atoms with Crippen molar-refractivity contribution in [2.45, 2.75) is 104 Å². The lowest BCUT2D eigenvalue weighted by atomic mass is 9.77. The van der Waals surface area contributed by atoms with Crippen LogP contribution in [0.2, 0.25) is 0 Å². The zero-order chi connectivity index (χ0) is 16.7. The van der Waals surface area contributed by atoms with Gasteiger partial charge in [0, 0.05) is 0 Å². The van der Waals surface area contributed by atoms with E-state index in [1.807, 2.05) is 0 Å². The first-order chi connectivity index (χ1) is 11.1. The van der Waals surface area contributed by atoms with Crippen molar-refractivity contribution in [2.24, 2.45) is 23.7 Å². The van der Waals surface area contributed by atoms with Crippen molar-refractivity contribution in [1.82, 2.24) is 0 Å². The van der Waals surface area contributed by atoms with Crippen LogP contribution >= 0.6 is 0 Å². The molecular weight excluding hydrogens is 284 g/mol. The molecule has 0 N–H and O–H groups in total. The molecule has 0 aliphatic heterocycles. The molecule has 0 aromatic carbocycles. The Morgan fingerprint density at radius 3 is 2.22 bits per heavy atom. The Hall–Kier alpha value is -0.530. The molecule has 2 saturated carbocycles. The SMILES string of the molecule is CCCCC(C)C1CCC(OC(=O)C(C)C2CCCCC2)CC1. The van der Waals surface area contributed by atoms with E-state index in [4.69, 9.17) is 4.74 Å². The number of hydrogen-bond acceptors (Lipinski definition) is 2. The lowest BCUT2D eigenvalue weighted by Gasteiger charge is -2.33. The summed E-state index contributed by atoms with van der Waals surface area (Å²) in [6.07, 6.45) is 15.3. The van der Waals surface area contributed by atoms with Crippen molar-refractivity contribution in [3.05, 3.63) is 0 Å². The molecular formula is C21H38O2. The van der Waals surface area contributed by atoms with Crippen LogP contribution in [0.1, 0.15) is 97.8 Å². The molecule has 2 aliphatic carbocycles. The number of rotatable bonds is 7. The highest BCUT2D eigenvalue weighted by molar-refractivity contribution is 5.72. The van der Waals surface area contributed by atoms with E-state index in [2.05, 4.69) is 20.8 Å². The Morgan fingerprint density at radius 2 is 1.61 bits per heavy atom. The molecule has 2 aliphatic rings. The van der Waals surface area contributed by atoms with Gasteiger partial charge in [-0.05, 0) is 56.3 Å². The molecule has 2 nitrogen and oxygen atoms in total. The standard InChI is InChI=1S/C21H38O2/c1-4-5-9-16(2)18-12-14-20(15-13-18)23-21(22)17(3)19-10-7-6-8-11-19/h16-20H,4-15H2,1-3H3. The maximum absolute atomic E-state index is 12.4. The van der Waals surface area contributed by atoms with Crippen LogP contribution in [0.25, 0.3) is 0 Å². The summed E-state index contributed by atoms with van der Waals surface area (Å²) in [7, 11) is 0. The third kappa shape index (κ3) is 5.80. The second-order valence-electron chi connectivity index (χ2n) is 8.28. The first kappa shape index (κ1) is 18.8. The summed E-state index contributed by atoms with van der Waals surface area (Å²) in [6.45, 7) is 6.78. The number of esters is 1. The molecule has 0 amide bonds. The van der Waals surface area contributed by atoms with Crippen molar-refractivity contribution in [2.75, 3.05) is 0 Å². The van der Waals surface area contributed by atoms with E-state index in [0.29, 0.717) is 5.92 Å². The molecule has 0 radical (unpaired) electrons. The van der Waals surface area contributed by atoms with Crippen LogP contribution in [0.3, 0.4) is 0 Å². The van der Waals surface area contributed by atoms with Gasteiger partial charge in [0.2, 0.25) is 0 Å². The lowest BCUT2D eigenvalue weighted by Crippen LogP contribution is -2.31. The van der Waals surface area contributed by atoms with Crippen LogP contribution in [0.5, 0.6) is 0 Å². The van der Waals surface area contributed by atoms with Gasteiger partial charge >= 0.3 is 5.97 Å². The van der Waals surface area contributed by atoms with Crippen molar-refractivity contribution < 1.29 is 9.53 Å². The Bertz CT molecular complexity index is 338. The van der Waals surface area contributed by atoms with E-state index >= 15 is 0 Å². The average Bonchev–Trinajstić information content (AvgIpc) is 2.60. The molecule has 23 heavy (non-hydrogen) atoms. The monoisotopic (exact) mass is 322 g/mol. The van der Waals surface area contributed by atoms with E-state index in [-0.39, 0.29) is 18.0 Å². The normalized spacial score (nSPS) is 29.0. The third-order valence-electron chi connectivity index (χ3n) is 6.55. The summed E-state index contributed by atoms with van der Waals surface area (Å²) in [5, 5.41) is 0. The molecule has 0 aromatic rings. The van der Waals surface area contributed by atoms with E-state index in [0.717, 1.165) is 24.7 Å². The lowest BCUT2D eigenvalue weighted by molar-refractivity contribution is -0.158. The van der Waals surface area contributed by atoms with Crippen LogP contribution < -0.4 is 0 Å².